The highest BCUT2D eigenvalue weighted by Crippen LogP contribution is 2.24. The zero-order valence-corrected chi connectivity index (χ0v) is 11.5. The molecule has 0 atom stereocenters. The summed E-state index contributed by atoms with van der Waals surface area (Å²) >= 11 is 0. The first-order valence-electron chi connectivity index (χ1n) is 6.59. The molecule has 104 valence electrons. The van der Waals surface area contributed by atoms with Crippen molar-refractivity contribution in [3.63, 3.8) is 0 Å². The fraction of sp³-hybridized carbons (Fsp3) is 0.0588. The lowest BCUT2D eigenvalue weighted by Gasteiger charge is -2.10. The third kappa shape index (κ3) is 2.56. The second kappa shape index (κ2) is 5.25. The van der Waals surface area contributed by atoms with E-state index in [0.29, 0.717) is 5.69 Å². The van der Waals surface area contributed by atoms with Crippen molar-refractivity contribution in [1.29, 1.82) is 0 Å². The molecule has 0 aliphatic rings. The largest absolute Gasteiger partial charge is 0.507 e. The van der Waals surface area contributed by atoms with Gasteiger partial charge in [0, 0.05) is 28.9 Å². The van der Waals surface area contributed by atoms with Gasteiger partial charge in [-0.2, -0.15) is 0 Å². The molecule has 4 nitrogen and oxygen atoms in total. The standard InChI is InChI=1S/C17H14N2O2/c1-11-5-6-16(20)14(9-11)17(21)19-15-4-2-3-12-10-18-8-7-13(12)15/h2-10,20H,1H3,(H,19,21). The summed E-state index contributed by atoms with van der Waals surface area (Å²) in [5, 5.41) is 14.5. The van der Waals surface area contributed by atoms with Crippen LogP contribution in [0.3, 0.4) is 0 Å². The highest BCUT2D eigenvalue weighted by Gasteiger charge is 2.12. The van der Waals surface area contributed by atoms with Crippen molar-refractivity contribution in [2.75, 3.05) is 5.32 Å². The molecule has 0 saturated heterocycles. The zero-order chi connectivity index (χ0) is 14.8. The third-order valence-electron chi connectivity index (χ3n) is 3.33. The minimum absolute atomic E-state index is 0.0278. The molecule has 21 heavy (non-hydrogen) atoms. The molecular weight excluding hydrogens is 264 g/mol. The molecule has 2 aromatic carbocycles. The number of hydrogen-bond donors (Lipinski definition) is 2. The number of carbonyl (C=O) groups is 1. The summed E-state index contributed by atoms with van der Waals surface area (Å²) in [6, 6.07) is 12.4. The number of hydrogen-bond acceptors (Lipinski definition) is 3. The third-order valence-corrected chi connectivity index (χ3v) is 3.33. The van der Waals surface area contributed by atoms with E-state index in [1.54, 1.807) is 24.5 Å². The number of benzene rings is 2. The molecule has 0 aliphatic carbocycles. The Labute approximate surface area is 122 Å². The molecule has 3 aromatic rings. The number of phenols is 1. The average Bonchev–Trinajstić information content (AvgIpc) is 2.50. The monoisotopic (exact) mass is 278 g/mol. The number of anilines is 1. The van der Waals surface area contributed by atoms with Gasteiger partial charge in [0.2, 0.25) is 0 Å². The number of nitrogens with zero attached hydrogens (tertiary/aromatic N) is 1. The van der Waals surface area contributed by atoms with Gasteiger partial charge < -0.3 is 10.4 Å². The summed E-state index contributed by atoms with van der Waals surface area (Å²) in [5.41, 5.74) is 1.88. The number of aromatic hydroxyl groups is 1. The van der Waals surface area contributed by atoms with Gasteiger partial charge in [-0.15, -0.1) is 0 Å². The molecule has 0 bridgehead atoms. The summed E-state index contributed by atoms with van der Waals surface area (Å²) < 4.78 is 0. The Bertz CT molecular complexity index is 823. The molecule has 0 fully saturated rings. The molecule has 1 aromatic heterocycles. The van der Waals surface area contributed by atoms with E-state index in [2.05, 4.69) is 10.3 Å². The summed E-state index contributed by atoms with van der Waals surface area (Å²) in [6.07, 6.45) is 3.43. The van der Waals surface area contributed by atoms with Crippen LogP contribution in [0.2, 0.25) is 0 Å². The molecule has 0 spiro atoms. The minimum Gasteiger partial charge on any atom is -0.507 e. The Hall–Kier alpha value is -2.88. The Morgan fingerprint density at radius 3 is 2.90 bits per heavy atom. The van der Waals surface area contributed by atoms with Crippen LogP contribution in [0, 0.1) is 6.92 Å². The normalized spacial score (nSPS) is 10.5. The van der Waals surface area contributed by atoms with Gasteiger partial charge in [-0.25, -0.2) is 0 Å². The highest BCUT2D eigenvalue weighted by molar-refractivity contribution is 6.10. The first-order valence-corrected chi connectivity index (χ1v) is 6.59. The quantitative estimate of drug-likeness (QED) is 0.754. The summed E-state index contributed by atoms with van der Waals surface area (Å²) in [7, 11) is 0. The summed E-state index contributed by atoms with van der Waals surface area (Å²) in [5.74, 6) is -0.361. The summed E-state index contributed by atoms with van der Waals surface area (Å²) in [6.45, 7) is 1.87. The average molecular weight is 278 g/mol. The van der Waals surface area contributed by atoms with E-state index < -0.39 is 0 Å². The predicted molar refractivity (Wildman–Crippen MR) is 82.5 cm³/mol. The number of aryl methyl sites for hydroxylation is 1. The number of amides is 1. The Morgan fingerprint density at radius 2 is 2.05 bits per heavy atom. The molecule has 1 heterocycles. The van der Waals surface area contributed by atoms with E-state index in [-0.39, 0.29) is 17.2 Å². The second-order valence-electron chi connectivity index (χ2n) is 4.88. The lowest BCUT2D eigenvalue weighted by Crippen LogP contribution is -2.12. The topological polar surface area (TPSA) is 62.2 Å². The van der Waals surface area contributed by atoms with Crippen molar-refractivity contribution in [1.82, 2.24) is 4.98 Å². The molecular formula is C17H14N2O2. The SMILES string of the molecule is Cc1ccc(O)c(C(=O)Nc2cccc3cnccc23)c1. The fourth-order valence-electron chi connectivity index (χ4n) is 2.25. The van der Waals surface area contributed by atoms with Gasteiger partial charge in [0.1, 0.15) is 5.75 Å². The molecule has 2 N–H and O–H groups in total. The van der Waals surface area contributed by atoms with Gasteiger partial charge in [0.05, 0.1) is 5.56 Å². The van der Waals surface area contributed by atoms with E-state index in [1.807, 2.05) is 31.2 Å². The van der Waals surface area contributed by atoms with Crippen molar-refractivity contribution in [3.8, 4) is 5.75 Å². The van der Waals surface area contributed by atoms with Crippen LogP contribution in [0.5, 0.6) is 5.75 Å². The van der Waals surface area contributed by atoms with E-state index in [9.17, 15) is 9.90 Å². The van der Waals surface area contributed by atoms with Crippen LogP contribution in [0.4, 0.5) is 5.69 Å². The molecule has 4 heteroatoms. The first kappa shape index (κ1) is 13.1. The molecule has 0 unspecified atom stereocenters. The number of pyridine rings is 1. The number of aromatic nitrogens is 1. The number of phenolic OH excluding ortho intramolecular Hbond substituents is 1. The van der Waals surface area contributed by atoms with E-state index >= 15 is 0 Å². The first-order chi connectivity index (χ1) is 10.1. The smallest absolute Gasteiger partial charge is 0.259 e. The minimum atomic E-state index is -0.333. The van der Waals surface area contributed by atoms with Crippen LogP contribution in [-0.2, 0) is 0 Å². The van der Waals surface area contributed by atoms with E-state index in [0.717, 1.165) is 16.3 Å². The summed E-state index contributed by atoms with van der Waals surface area (Å²) in [4.78, 5) is 16.4. The number of carbonyl (C=O) groups excluding carboxylic acids is 1. The van der Waals surface area contributed by atoms with Crippen molar-refractivity contribution < 1.29 is 9.90 Å². The predicted octanol–water partition coefficient (Wildman–Crippen LogP) is 3.50. The Balaban J connectivity index is 1.99. The maximum atomic E-state index is 12.3. The van der Waals surface area contributed by atoms with Crippen molar-refractivity contribution in [3.05, 3.63) is 66.0 Å². The number of fused-ring (bicyclic) bond motifs is 1. The van der Waals surface area contributed by atoms with Gasteiger partial charge in [0.25, 0.3) is 5.91 Å². The zero-order valence-electron chi connectivity index (χ0n) is 11.5. The van der Waals surface area contributed by atoms with Gasteiger partial charge in [-0.3, -0.25) is 9.78 Å². The van der Waals surface area contributed by atoms with Crippen LogP contribution < -0.4 is 5.32 Å². The van der Waals surface area contributed by atoms with Gasteiger partial charge in [0.15, 0.2) is 0 Å². The molecule has 0 radical (unpaired) electrons. The second-order valence-corrected chi connectivity index (χ2v) is 4.88. The maximum Gasteiger partial charge on any atom is 0.259 e. The van der Waals surface area contributed by atoms with Crippen LogP contribution in [-0.4, -0.2) is 16.0 Å². The van der Waals surface area contributed by atoms with Crippen LogP contribution in [0.15, 0.2) is 54.9 Å². The lowest BCUT2D eigenvalue weighted by molar-refractivity contribution is 0.102. The van der Waals surface area contributed by atoms with Crippen molar-refractivity contribution in [2.24, 2.45) is 0 Å². The van der Waals surface area contributed by atoms with Crippen LogP contribution >= 0.6 is 0 Å². The van der Waals surface area contributed by atoms with Crippen molar-refractivity contribution in [2.45, 2.75) is 6.92 Å². The maximum absolute atomic E-state index is 12.3. The Kier molecular flexibility index (Phi) is 3.28. The van der Waals surface area contributed by atoms with E-state index in [4.69, 9.17) is 0 Å². The number of rotatable bonds is 2. The highest BCUT2D eigenvalue weighted by atomic mass is 16.3. The van der Waals surface area contributed by atoms with Crippen LogP contribution in [0.25, 0.3) is 10.8 Å². The van der Waals surface area contributed by atoms with Crippen molar-refractivity contribution >= 4 is 22.4 Å². The van der Waals surface area contributed by atoms with Gasteiger partial charge >= 0.3 is 0 Å². The molecule has 0 aliphatic heterocycles. The lowest BCUT2D eigenvalue weighted by atomic mass is 10.1. The Morgan fingerprint density at radius 1 is 1.19 bits per heavy atom. The number of nitrogens with one attached hydrogen (secondary N) is 1. The molecule has 1 amide bonds. The molecule has 0 saturated carbocycles. The van der Waals surface area contributed by atoms with E-state index in [1.165, 1.54) is 6.07 Å². The van der Waals surface area contributed by atoms with Gasteiger partial charge in [-0.1, -0.05) is 23.8 Å². The fourth-order valence-corrected chi connectivity index (χ4v) is 2.25. The molecule has 3 rings (SSSR count). The van der Waals surface area contributed by atoms with Crippen LogP contribution in [0.1, 0.15) is 15.9 Å². The van der Waals surface area contributed by atoms with Gasteiger partial charge in [-0.05, 0) is 31.2 Å².